The van der Waals surface area contributed by atoms with Crippen LogP contribution in [0.5, 0.6) is 0 Å². The number of carbonyl (C=O) groups excluding carboxylic acids is 2. The highest BCUT2D eigenvalue weighted by Gasteiger charge is 2.28. The molecule has 1 aromatic carbocycles. The molecule has 3 rings (SSSR count). The van der Waals surface area contributed by atoms with Gasteiger partial charge in [-0.15, -0.1) is 0 Å². The van der Waals surface area contributed by atoms with Crippen LogP contribution in [0.15, 0.2) is 23.1 Å². The van der Waals surface area contributed by atoms with Crippen molar-refractivity contribution >= 4 is 33.5 Å². The second kappa shape index (κ2) is 9.91. The van der Waals surface area contributed by atoms with Crippen LogP contribution in [0.4, 0.5) is 0 Å². The summed E-state index contributed by atoms with van der Waals surface area (Å²) in [5.74, 6) is -0.969. The maximum Gasteiger partial charge on any atom is 0.338 e. The number of rotatable bonds is 5. The number of benzene rings is 1. The molecule has 29 heavy (non-hydrogen) atoms. The molecule has 7 nitrogen and oxygen atoms in total. The van der Waals surface area contributed by atoms with Crippen molar-refractivity contribution in [3.63, 3.8) is 0 Å². The maximum atomic E-state index is 13.0. The van der Waals surface area contributed by atoms with Crippen LogP contribution in [0.2, 0.25) is 5.02 Å². The third-order valence-electron chi connectivity index (χ3n) is 5.39. The van der Waals surface area contributed by atoms with Crippen LogP contribution < -0.4 is 0 Å². The Hall–Kier alpha value is -1.64. The number of halogens is 1. The maximum absolute atomic E-state index is 13.0. The first-order chi connectivity index (χ1) is 13.9. The van der Waals surface area contributed by atoms with Crippen LogP contribution in [0.3, 0.4) is 0 Å². The van der Waals surface area contributed by atoms with E-state index in [2.05, 4.69) is 0 Å². The molecule has 0 atom stereocenters. The summed E-state index contributed by atoms with van der Waals surface area (Å²) in [5, 5.41) is 0.0650. The Morgan fingerprint density at radius 3 is 2.17 bits per heavy atom. The smallest absolute Gasteiger partial charge is 0.338 e. The molecule has 0 spiro atoms. The summed E-state index contributed by atoms with van der Waals surface area (Å²) in [4.78, 5) is 26.2. The predicted molar refractivity (Wildman–Crippen MR) is 109 cm³/mol. The predicted octanol–water partition coefficient (Wildman–Crippen LogP) is 3.07. The average Bonchev–Trinajstić information content (AvgIpc) is 3.03. The lowest BCUT2D eigenvalue weighted by molar-refractivity contribution is -0.135. The fourth-order valence-electron chi connectivity index (χ4n) is 3.69. The van der Waals surface area contributed by atoms with Crippen molar-refractivity contribution in [2.24, 2.45) is 0 Å². The van der Waals surface area contributed by atoms with Crippen LogP contribution in [0, 0.1) is 0 Å². The number of nitrogens with zero attached hydrogens (tertiary/aromatic N) is 2. The van der Waals surface area contributed by atoms with Crippen LogP contribution in [-0.2, 0) is 19.6 Å². The molecule has 0 unspecified atom stereocenters. The zero-order chi connectivity index (χ0) is 20.9. The summed E-state index contributed by atoms with van der Waals surface area (Å²) in [6.45, 7) is 1.89. The van der Waals surface area contributed by atoms with E-state index in [0.717, 1.165) is 44.9 Å². The lowest BCUT2D eigenvalue weighted by Crippen LogP contribution is -2.38. The van der Waals surface area contributed by atoms with Gasteiger partial charge in [-0.05, 0) is 50.3 Å². The molecule has 2 saturated heterocycles. The average molecular weight is 443 g/mol. The Labute approximate surface area is 177 Å². The van der Waals surface area contributed by atoms with E-state index in [1.54, 1.807) is 4.90 Å². The highest BCUT2D eigenvalue weighted by Crippen LogP contribution is 2.28. The molecule has 2 aliphatic rings. The largest absolute Gasteiger partial charge is 0.452 e. The van der Waals surface area contributed by atoms with Crippen LogP contribution in [0.1, 0.15) is 55.3 Å². The molecule has 2 fully saturated rings. The van der Waals surface area contributed by atoms with Gasteiger partial charge in [0.2, 0.25) is 10.0 Å². The van der Waals surface area contributed by atoms with E-state index in [9.17, 15) is 18.0 Å². The Balaban J connectivity index is 1.70. The second-order valence-electron chi connectivity index (χ2n) is 7.48. The number of hydrogen-bond donors (Lipinski definition) is 0. The van der Waals surface area contributed by atoms with Crippen molar-refractivity contribution in [2.75, 3.05) is 32.8 Å². The van der Waals surface area contributed by atoms with E-state index >= 15 is 0 Å². The SMILES string of the molecule is O=C(OCC(=O)N1CCCCC1)c1ccc(Cl)c(S(=O)(=O)N2CCCCCC2)c1. The zero-order valence-electron chi connectivity index (χ0n) is 16.4. The zero-order valence-corrected chi connectivity index (χ0v) is 18.0. The first-order valence-corrected chi connectivity index (χ1v) is 12.0. The van der Waals surface area contributed by atoms with Gasteiger partial charge in [-0.3, -0.25) is 4.79 Å². The minimum atomic E-state index is -3.80. The summed E-state index contributed by atoms with van der Waals surface area (Å²) >= 11 is 6.16. The number of likely N-dealkylation sites (tertiary alicyclic amines) is 1. The standard InChI is InChI=1S/C20H27ClN2O5S/c21-17-9-8-16(20(25)28-15-19(24)22-10-4-3-5-11-22)14-18(17)29(26,27)23-12-6-1-2-7-13-23/h8-9,14H,1-7,10-13,15H2. The summed E-state index contributed by atoms with van der Waals surface area (Å²) < 4.78 is 32.6. The number of ether oxygens (including phenoxy) is 1. The molecular weight excluding hydrogens is 416 g/mol. The van der Waals surface area contributed by atoms with Crippen LogP contribution in [-0.4, -0.2) is 62.3 Å². The molecule has 1 aromatic rings. The molecule has 0 aromatic heterocycles. The quantitative estimate of drug-likeness (QED) is 0.654. The Morgan fingerprint density at radius 2 is 1.52 bits per heavy atom. The van der Waals surface area contributed by atoms with Crippen molar-refractivity contribution in [1.82, 2.24) is 9.21 Å². The molecule has 0 N–H and O–H groups in total. The number of piperidine rings is 1. The Morgan fingerprint density at radius 1 is 0.931 bits per heavy atom. The number of hydrogen-bond acceptors (Lipinski definition) is 5. The Kier molecular flexibility index (Phi) is 7.54. The fraction of sp³-hybridized carbons (Fsp3) is 0.600. The van der Waals surface area contributed by atoms with E-state index in [1.807, 2.05) is 0 Å². The number of carbonyl (C=O) groups is 2. The van der Waals surface area contributed by atoms with Gasteiger partial charge in [0.1, 0.15) is 4.90 Å². The summed E-state index contributed by atoms with van der Waals surface area (Å²) in [6.07, 6.45) is 6.61. The van der Waals surface area contributed by atoms with Crippen molar-refractivity contribution in [1.29, 1.82) is 0 Å². The molecule has 1 amide bonds. The fourth-order valence-corrected chi connectivity index (χ4v) is 5.71. The van der Waals surface area contributed by atoms with E-state index in [-0.39, 0.29) is 28.0 Å². The first kappa shape index (κ1) is 22.1. The lowest BCUT2D eigenvalue weighted by Gasteiger charge is -2.26. The van der Waals surface area contributed by atoms with Gasteiger partial charge in [0, 0.05) is 26.2 Å². The highest BCUT2D eigenvalue weighted by molar-refractivity contribution is 7.89. The summed E-state index contributed by atoms with van der Waals surface area (Å²) in [7, 11) is -3.80. The number of sulfonamides is 1. The number of amides is 1. The van der Waals surface area contributed by atoms with Crippen molar-refractivity contribution in [3.8, 4) is 0 Å². The minimum Gasteiger partial charge on any atom is -0.452 e. The number of esters is 1. The van der Waals surface area contributed by atoms with Crippen LogP contribution in [0.25, 0.3) is 0 Å². The third kappa shape index (κ3) is 5.49. The van der Waals surface area contributed by atoms with Crippen molar-refractivity contribution < 1.29 is 22.7 Å². The molecule has 2 heterocycles. The van der Waals surface area contributed by atoms with Gasteiger partial charge in [-0.2, -0.15) is 4.31 Å². The minimum absolute atomic E-state index is 0.0641. The van der Waals surface area contributed by atoms with E-state index in [0.29, 0.717) is 26.2 Å². The van der Waals surface area contributed by atoms with E-state index < -0.39 is 16.0 Å². The summed E-state index contributed by atoms with van der Waals surface area (Å²) in [5.41, 5.74) is 0.0641. The van der Waals surface area contributed by atoms with Crippen LogP contribution >= 0.6 is 11.6 Å². The first-order valence-electron chi connectivity index (χ1n) is 10.1. The second-order valence-corrected chi connectivity index (χ2v) is 9.79. The van der Waals surface area contributed by atoms with E-state index in [4.69, 9.17) is 16.3 Å². The van der Waals surface area contributed by atoms with Gasteiger partial charge in [-0.1, -0.05) is 24.4 Å². The Bertz CT molecular complexity index is 844. The van der Waals surface area contributed by atoms with Gasteiger partial charge < -0.3 is 9.64 Å². The molecule has 0 radical (unpaired) electrons. The van der Waals surface area contributed by atoms with Gasteiger partial charge in [0.05, 0.1) is 10.6 Å². The van der Waals surface area contributed by atoms with Gasteiger partial charge in [0.15, 0.2) is 6.61 Å². The topological polar surface area (TPSA) is 84.0 Å². The highest BCUT2D eigenvalue weighted by atomic mass is 35.5. The molecule has 9 heteroatoms. The van der Waals surface area contributed by atoms with E-state index in [1.165, 1.54) is 22.5 Å². The van der Waals surface area contributed by atoms with Crippen molar-refractivity contribution in [2.45, 2.75) is 49.8 Å². The third-order valence-corrected chi connectivity index (χ3v) is 7.77. The molecule has 160 valence electrons. The summed E-state index contributed by atoms with van der Waals surface area (Å²) in [6, 6.07) is 4.04. The molecule has 0 aliphatic carbocycles. The normalized spacial score (nSPS) is 18.9. The van der Waals surface area contributed by atoms with Gasteiger partial charge in [-0.25, -0.2) is 13.2 Å². The lowest BCUT2D eigenvalue weighted by atomic mass is 10.1. The van der Waals surface area contributed by atoms with Gasteiger partial charge >= 0.3 is 5.97 Å². The molecule has 0 saturated carbocycles. The molecular formula is C20H27ClN2O5S. The molecule has 2 aliphatic heterocycles. The van der Waals surface area contributed by atoms with Crippen molar-refractivity contribution in [3.05, 3.63) is 28.8 Å². The van der Waals surface area contributed by atoms with Gasteiger partial charge in [0.25, 0.3) is 5.91 Å². The molecule has 0 bridgehead atoms. The monoisotopic (exact) mass is 442 g/mol.